The van der Waals surface area contributed by atoms with Crippen LogP contribution in [0.1, 0.15) is 34.1 Å². The van der Waals surface area contributed by atoms with Crippen LogP contribution in [0.25, 0.3) is 0 Å². The summed E-state index contributed by atoms with van der Waals surface area (Å²) in [5.41, 5.74) is -0.679. The molecule has 1 unspecified atom stereocenters. The molecule has 7 heteroatoms. The molecule has 0 saturated heterocycles. The Bertz CT molecular complexity index is 324. The van der Waals surface area contributed by atoms with Gasteiger partial charge >= 0.3 is 12.1 Å². The summed E-state index contributed by atoms with van der Waals surface area (Å²) in [7, 11) is 0. The minimum atomic E-state index is -1.15. The monoisotopic (exact) mass is 277 g/mol. The molecule has 0 aromatic heterocycles. The maximum atomic E-state index is 11.4. The first-order chi connectivity index (χ1) is 8.11. The van der Waals surface area contributed by atoms with Crippen LogP contribution in [0, 0.1) is 0 Å². The molecule has 0 heterocycles. The summed E-state index contributed by atoms with van der Waals surface area (Å²) in [6.07, 6.45) is -0.610. The highest BCUT2D eigenvalue weighted by Gasteiger charge is 2.23. The number of carbonyl (C=O) groups excluding carboxylic acids is 2. The third-order valence-corrected chi connectivity index (χ3v) is 2.55. The highest BCUT2D eigenvalue weighted by Crippen LogP contribution is 2.09. The molecule has 0 rings (SSSR count). The van der Waals surface area contributed by atoms with Gasteiger partial charge in [-0.15, -0.1) is 0 Å². The van der Waals surface area contributed by atoms with Gasteiger partial charge in [-0.05, 0) is 27.2 Å². The van der Waals surface area contributed by atoms with Gasteiger partial charge in [0.1, 0.15) is 11.6 Å². The lowest BCUT2D eigenvalue weighted by molar-refractivity contribution is -0.139. The maximum Gasteiger partial charge on any atom is 0.408 e. The van der Waals surface area contributed by atoms with Gasteiger partial charge in [0.15, 0.2) is 5.12 Å². The predicted octanol–water partition coefficient (Wildman–Crippen LogP) is 1.63. The number of amides is 1. The van der Waals surface area contributed by atoms with Crippen molar-refractivity contribution in [3.05, 3.63) is 0 Å². The van der Waals surface area contributed by atoms with Gasteiger partial charge in [0, 0.05) is 12.7 Å². The standard InChI is InChI=1S/C11H19NO5S/c1-7(13)18-6-5-8(9(14)15)12-10(16)17-11(2,3)4/h8H,5-6H2,1-4H3,(H,12,16)(H,14,15). The van der Waals surface area contributed by atoms with E-state index in [-0.39, 0.29) is 11.5 Å². The highest BCUT2D eigenvalue weighted by atomic mass is 32.2. The van der Waals surface area contributed by atoms with E-state index < -0.39 is 23.7 Å². The third-order valence-electron chi connectivity index (χ3n) is 1.70. The van der Waals surface area contributed by atoms with Crippen molar-refractivity contribution in [3.8, 4) is 0 Å². The average Bonchev–Trinajstić information content (AvgIpc) is 2.12. The summed E-state index contributed by atoms with van der Waals surface area (Å²) in [5, 5.41) is 11.1. The number of hydrogen-bond acceptors (Lipinski definition) is 5. The number of aliphatic carboxylic acids is 1. The largest absolute Gasteiger partial charge is 0.480 e. The van der Waals surface area contributed by atoms with E-state index in [1.54, 1.807) is 20.8 Å². The predicted molar refractivity (Wildman–Crippen MR) is 68.5 cm³/mol. The van der Waals surface area contributed by atoms with Crippen molar-refractivity contribution in [1.82, 2.24) is 5.32 Å². The van der Waals surface area contributed by atoms with Gasteiger partial charge in [-0.1, -0.05) is 11.8 Å². The summed E-state index contributed by atoms with van der Waals surface area (Å²) >= 11 is 1.02. The fourth-order valence-electron chi connectivity index (χ4n) is 1.03. The van der Waals surface area contributed by atoms with E-state index in [0.29, 0.717) is 5.75 Å². The topological polar surface area (TPSA) is 92.7 Å². The van der Waals surface area contributed by atoms with Crippen molar-refractivity contribution in [2.75, 3.05) is 5.75 Å². The fourth-order valence-corrected chi connectivity index (χ4v) is 1.67. The average molecular weight is 277 g/mol. The minimum absolute atomic E-state index is 0.0867. The van der Waals surface area contributed by atoms with Gasteiger partial charge in [-0.3, -0.25) is 4.79 Å². The van der Waals surface area contributed by atoms with E-state index in [4.69, 9.17) is 9.84 Å². The zero-order valence-corrected chi connectivity index (χ0v) is 11.8. The smallest absolute Gasteiger partial charge is 0.408 e. The molecule has 0 saturated carbocycles. The SMILES string of the molecule is CC(=O)SCCC(NC(=O)OC(C)(C)C)C(=O)O. The second-order valence-electron chi connectivity index (χ2n) is 4.67. The van der Waals surface area contributed by atoms with Crippen molar-refractivity contribution >= 4 is 28.9 Å². The van der Waals surface area contributed by atoms with Gasteiger partial charge < -0.3 is 15.2 Å². The van der Waals surface area contributed by atoms with Crippen LogP contribution in [0.15, 0.2) is 0 Å². The quantitative estimate of drug-likeness (QED) is 0.793. The van der Waals surface area contributed by atoms with E-state index in [2.05, 4.69) is 5.32 Å². The van der Waals surface area contributed by atoms with Crippen LogP contribution in [0.3, 0.4) is 0 Å². The number of carboxylic acids is 1. The van der Waals surface area contributed by atoms with E-state index in [9.17, 15) is 14.4 Å². The van der Waals surface area contributed by atoms with Crippen LogP contribution in [0.4, 0.5) is 4.79 Å². The van der Waals surface area contributed by atoms with Crippen molar-refractivity contribution in [1.29, 1.82) is 0 Å². The third kappa shape index (κ3) is 8.86. The number of alkyl carbamates (subject to hydrolysis) is 1. The molecule has 6 nitrogen and oxygen atoms in total. The molecule has 1 atom stereocenters. The Kier molecular flexibility index (Phi) is 6.75. The molecule has 2 N–H and O–H groups in total. The number of rotatable bonds is 5. The number of thioether (sulfide) groups is 1. The Labute approximate surface area is 110 Å². The molecular formula is C11H19NO5S. The second-order valence-corrected chi connectivity index (χ2v) is 5.94. The first-order valence-corrected chi connectivity index (χ1v) is 6.46. The molecule has 18 heavy (non-hydrogen) atoms. The van der Waals surface area contributed by atoms with Crippen molar-refractivity contribution < 1.29 is 24.2 Å². The van der Waals surface area contributed by atoms with Crippen LogP contribution >= 0.6 is 11.8 Å². The molecule has 0 radical (unpaired) electrons. The van der Waals surface area contributed by atoms with E-state index >= 15 is 0 Å². The van der Waals surface area contributed by atoms with Gasteiger partial charge in [0.05, 0.1) is 0 Å². The summed E-state index contributed by atoms with van der Waals surface area (Å²) < 4.78 is 4.96. The highest BCUT2D eigenvalue weighted by molar-refractivity contribution is 8.13. The number of carbonyl (C=O) groups is 3. The fraction of sp³-hybridized carbons (Fsp3) is 0.727. The molecule has 1 amide bonds. The number of ether oxygens (including phenoxy) is 1. The van der Waals surface area contributed by atoms with Crippen molar-refractivity contribution in [2.45, 2.75) is 45.8 Å². The molecular weight excluding hydrogens is 258 g/mol. The first kappa shape index (κ1) is 16.8. The Morgan fingerprint density at radius 1 is 1.33 bits per heavy atom. The molecule has 0 bridgehead atoms. The van der Waals surface area contributed by atoms with Gasteiger partial charge in [0.25, 0.3) is 0 Å². The van der Waals surface area contributed by atoms with Gasteiger partial charge in [-0.2, -0.15) is 0 Å². The Morgan fingerprint density at radius 3 is 2.28 bits per heavy atom. The summed E-state index contributed by atoms with van der Waals surface area (Å²) in [5.74, 6) is -0.813. The van der Waals surface area contributed by atoms with E-state index in [1.165, 1.54) is 6.92 Å². The lowest BCUT2D eigenvalue weighted by Crippen LogP contribution is -2.43. The molecule has 0 aromatic rings. The van der Waals surface area contributed by atoms with Crippen LogP contribution in [0.5, 0.6) is 0 Å². The first-order valence-electron chi connectivity index (χ1n) is 5.47. The van der Waals surface area contributed by atoms with E-state index in [0.717, 1.165) is 11.8 Å². The Hall–Kier alpha value is -1.24. The number of hydrogen-bond donors (Lipinski definition) is 2. The van der Waals surface area contributed by atoms with Crippen molar-refractivity contribution in [3.63, 3.8) is 0 Å². The Balaban J connectivity index is 4.23. The van der Waals surface area contributed by atoms with Crippen LogP contribution < -0.4 is 5.32 Å². The van der Waals surface area contributed by atoms with Crippen molar-refractivity contribution in [2.24, 2.45) is 0 Å². The molecule has 0 aliphatic rings. The number of nitrogens with one attached hydrogen (secondary N) is 1. The Morgan fingerprint density at radius 2 is 1.89 bits per heavy atom. The molecule has 0 spiro atoms. The molecule has 0 aromatic carbocycles. The van der Waals surface area contributed by atoms with Crippen LogP contribution in [-0.2, 0) is 14.3 Å². The zero-order chi connectivity index (χ0) is 14.3. The lowest BCUT2D eigenvalue weighted by Gasteiger charge is -2.21. The van der Waals surface area contributed by atoms with Gasteiger partial charge in [0.2, 0.25) is 0 Å². The molecule has 104 valence electrons. The lowest BCUT2D eigenvalue weighted by atomic mass is 10.2. The zero-order valence-electron chi connectivity index (χ0n) is 11.0. The second kappa shape index (κ2) is 7.25. The van der Waals surface area contributed by atoms with Crippen LogP contribution in [-0.4, -0.2) is 39.7 Å². The van der Waals surface area contributed by atoms with Gasteiger partial charge in [-0.25, -0.2) is 9.59 Å². The summed E-state index contributed by atoms with van der Waals surface area (Å²) in [6.45, 7) is 6.47. The molecule has 0 fully saturated rings. The van der Waals surface area contributed by atoms with E-state index in [1.807, 2.05) is 0 Å². The summed E-state index contributed by atoms with van der Waals surface area (Å²) in [6, 6.07) is -1.05. The van der Waals surface area contributed by atoms with Crippen LogP contribution in [0.2, 0.25) is 0 Å². The molecule has 0 aliphatic carbocycles. The number of carboxylic acid groups (broad SMARTS) is 1. The molecule has 0 aliphatic heterocycles. The minimum Gasteiger partial charge on any atom is -0.480 e. The maximum absolute atomic E-state index is 11.4. The normalized spacial score (nSPS) is 12.7. The summed E-state index contributed by atoms with van der Waals surface area (Å²) in [4.78, 5) is 33.0.